The van der Waals surface area contributed by atoms with E-state index in [-0.39, 0.29) is 36.8 Å². The van der Waals surface area contributed by atoms with Crippen LogP contribution in [0.15, 0.2) is 42.5 Å². The number of amides is 2. The minimum absolute atomic E-state index is 0.0725. The van der Waals surface area contributed by atoms with Gasteiger partial charge in [0.15, 0.2) is 0 Å². The van der Waals surface area contributed by atoms with Gasteiger partial charge in [-0.25, -0.2) is 4.39 Å². The second kappa shape index (κ2) is 9.85. The number of halogens is 1. The van der Waals surface area contributed by atoms with E-state index in [0.717, 1.165) is 11.1 Å². The first-order valence-corrected chi connectivity index (χ1v) is 8.97. The fraction of sp³-hybridized carbons (Fsp3) is 0.333. The van der Waals surface area contributed by atoms with Crippen molar-refractivity contribution < 1.29 is 18.7 Å². The van der Waals surface area contributed by atoms with Gasteiger partial charge in [-0.2, -0.15) is 0 Å². The standard InChI is InChI=1S/C21H26FN3O3/c1-14-5-10-19(28-4)18(11-14)24-20(26)12-23-21(27)13-25(3)15(2)16-6-8-17(22)9-7-16/h5-11,15H,12-13H2,1-4H3,(H,23,27)(H,24,26)/t15-/m0/s1. The summed E-state index contributed by atoms with van der Waals surface area (Å²) < 4.78 is 18.3. The van der Waals surface area contributed by atoms with E-state index in [1.165, 1.54) is 19.2 Å². The van der Waals surface area contributed by atoms with Gasteiger partial charge in [-0.15, -0.1) is 0 Å². The highest BCUT2D eigenvalue weighted by molar-refractivity contribution is 5.96. The van der Waals surface area contributed by atoms with Crippen molar-refractivity contribution >= 4 is 17.5 Å². The van der Waals surface area contributed by atoms with Gasteiger partial charge in [0.2, 0.25) is 11.8 Å². The fourth-order valence-corrected chi connectivity index (χ4v) is 2.71. The van der Waals surface area contributed by atoms with Crippen molar-refractivity contribution in [1.29, 1.82) is 0 Å². The molecule has 1 atom stereocenters. The minimum Gasteiger partial charge on any atom is -0.495 e. The van der Waals surface area contributed by atoms with Gasteiger partial charge in [0.05, 0.1) is 25.9 Å². The summed E-state index contributed by atoms with van der Waals surface area (Å²) in [5.41, 5.74) is 2.45. The van der Waals surface area contributed by atoms with E-state index in [1.807, 2.05) is 24.8 Å². The predicted molar refractivity (Wildman–Crippen MR) is 107 cm³/mol. The Hall–Kier alpha value is -2.93. The molecule has 150 valence electrons. The van der Waals surface area contributed by atoms with Crippen molar-refractivity contribution in [3.05, 3.63) is 59.4 Å². The molecule has 2 rings (SSSR count). The first-order chi connectivity index (χ1) is 13.3. The topological polar surface area (TPSA) is 70.7 Å². The molecule has 0 radical (unpaired) electrons. The number of ether oxygens (including phenoxy) is 1. The number of methoxy groups -OCH3 is 1. The molecule has 6 nitrogen and oxygen atoms in total. The summed E-state index contributed by atoms with van der Waals surface area (Å²) in [6, 6.07) is 11.6. The van der Waals surface area contributed by atoms with Crippen molar-refractivity contribution in [2.45, 2.75) is 19.9 Å². The molecule has 0 aliphatic rings. The first-order valence-electron chi connectivity index (χ1n) is 8.97. The number of nitrogens with zero attached hydrogens (tertiary/aromatic N) is 1. The molecule has 0 aliphatic heterocycles. The Morgan fingerprint density at radius 3 is 2.46 bits per heavy atom. The summed E-state index contributed by atoms with van der Waals surface area (Å²) >= 11 is 0. The van der Waals surface area contributed by atoms with E-state index in [4.69, 9.17) is 4.74 Å². The Kier molecular flexibility index (Phi) is 7.52. The highest BCUT2D eigenvalue weighted by atomic mass is 19.1. The molecule has 0 spiro atoms. The number of anilines is 1. The average molecular weight is 387 g/mol. The minimum atomic E-state index is -0.341. The van der Waals surface area contributed by atoms with Crippen LogP contribution in [0.25, 0.3) is 0 Å². The van der Waals surface area contributed by atoms with Gasteiger partial charge < -0.3 is 15.4 Å². The quantitative estimate of drug-likeness (QED) is 0.731. The second-order valence-corrected chi connectivity index (χ2v) is 6.67. The van der Waals surface area contributed by atoms with Crippen LogP contribution in [-0.4, -0.2) is 44.0 Å². The van der Waals surface area contributed by atoms with Gasteiger partial charge in [0.25, 0.3) is 0 Å². The van der Waals surface area contributed by atoms with Gasteiger partial charge in [-0.05, 0) is 56.3 Å². The van der Waals surface area contributed by atoms with Crippen molar-refractivity contribution in [2.24, 2.45) is 0 Å². The van der Waals surface area contributed by atoms with Crippen LogP contribution in [0, 0.1) is 12.7 Å². The van der Waals surface area contributed by atoms with Crippen LogP contribution in [0.2, 0.25) is 0 Å². The molecule has 2 aromatic carbocycles. The van der Waals surface area contributed by atoms with Crippen molar-refractivity contribution in [3.8, 4) is 5.75 Å². The van der Waals surface area contributed by atoms with E-state index in [9.17, 15) is 14.0 Å². The Morgan fingerprint density at radius 2 is 1.82 bits per heavy atom. The Labute approximate surface area is 164 Å². The summed E-state index contributed by atoms with van der Waals surface area (Å²) in [5, 5.41) is 5.34. The van der Waals surface area contributed by atoms with Crippen LogP contribution in [0.5, 0.6) is 5.75 Å². The molecule has 0 heterocycles. The Balaban J connectivity index is 1.83. The summed E-state index contributed by atoms with van der Waals surface area (Å²) in [6.07, 6.45) is 0. The number of carbonyl (C=O) groups excluding carboxylic acids is 2. The van der Waals surface area contributed by atoms with E-state index < -0.39 is 0 Å². The Bertz CT molecular complexity index is 824. The number of benzene rings is 2. The maximum atomic E-state index is 13.0. The normalized spacial score (nSPS) is 11.8. The van der Waals surface area contributed by atoms with Crippen molar-refractivity contribution in [3.63, 3.8) is 0 Å². The SMILES string of the molecule is COc1ccc(C)cc1NC(=O)CNC(=O)CN(C)[C@@H](C)c1ccc(F)cc1. The lowest BCUT2D eigenvalue weighted by atomic mass is 10.1. The number of likely N-dealkylation sites (N-methyl/N-ethyl adjacent to an activating group) is 1. The lowest BCUT2D eigenvalue weighted by Gasteiger charge is -2.24. The fourth-order valence-electron chi connectivity index (χ4n) is 2.71. The highest BCUT2D eigenvalue weighted by Gasteiger charge is 2.16. The molecule has 28 heavy (non-hydrogen) atoms. The number of aryl methyl sites for hydroxylation is 1. The van der Waals surface area contributed by atoms with Gasteiger partial charge in [0.1, 0.15) is 11.6 Å². The molecule has 2 aromatic rings. The lowest BCUT2D eigenvalue weighted by molar-refractivity contribution is -0.125. The Morgan fingerprint density at radius 1 is 1.14 bits per heavy atom. The molecule has 0 unspecified atom stereocenters. The first kappa shape index (κ1) is 21.4. The molecular formula is C21H26FN3O3. The number of carbonyl (C=O) groups is 2. The van der Waals surface area contributed by atoms with E-state index >= 15 is 0 Å². The number of hydrogen-bond donors (Lipinski definition) is 2. The smallest absolute Gasteiger partial charge is 0.243 e. The molecular weight excluding hydrogens is 361 g/mol. The maximum Gasteiger partial charge on any atom is 0.243 e. The molecule has 0 aromatic heterocycles. The van der Waals surface area contributed by atoms with Gasteiger partial charge >= 0.3 is 0 Å². The van der Waals surface area contributed by atoms with Crippen molar-refractivity contribution in [2.75, 3.05) is 32.6 Å². The summed E-state index contributed by atoms with van der Waals surface area (Å²) in [7, 11) is 3.32. The maximum absolute atomic E-state index is 13.0. The van der Waals surface area contributed by atoms with Crippen LogP contribution in [0.1, 0.15) is 24.1 Å². The zero-order chi connectivity index (χ0) is 20.7. The molecule has 2 N–H and O–H groups in total. The van der Waals surface area contributed by atoms with Crippen molar-refractivity contribution in [1.82, 2.24) is 10.2 Å². The van der Waals surface area contributed by atoms with Crippen LogP contribution in [-0.2, 0) is 9.59 Å². The van der Waals surface area contributed by atoms with Crippen LogP contribution < -0.4 is 15.4 Å². The summed E-state index contributed by atoms with van der Waals surface area (Å²) in [6.45, 7) is 3.81. The van der Waals surface area contributed by atoms with E-state index in [1.54, 1.807) is 31.3 Å². The predicted octanol–water partition coefficient (Wildman–Crippen LogP) is 2.89. The molecule has 0 saturated heterocycles. The molecule has 0 bridgehead atoms. The second-order valence-electron chi connectivity index (χ2n) is 6.67. The average Bonchev–Trinajstić information content (AvgIpc) is 2.66. The van der Waals surface area contributed by atoms with Gasteiger partial charge in [0, 0.05) is 6.04 Å². The number of rotatable bonds is 8. The third kappa shape index (κ3) is 6.06. The molecule has 2 amide bonds. The van der Waals surface area contributed by atoms with E-state index in [0.29, 0.717) is 11.4 Å². The molecule has 0 fully saturated rings. The third-order valence-electron chi connectivity index (χ3n) is 4.48. The highest BCUT2D eigenvalue weighted by Crippen LogP contribution is 2.25. The van der Waals surface area contributed by atoms with Gasteiger partial charge in [-0.1, -0.05) is 18.2 Å². The van der Waals surface area contributed by atoms with E-state index in [2.05, 4.69) is 10.6 Å². The summed E-state index contributed by atoms with van der Waals surface area (Å²) in [4.78, 5) is 26.1. The molecule has 0 saturated carbocycles. The zero-order valence-corrected chi connectivity index (χ0v) is 16.6. The molecule has 7 heteroatoms. The number of hydrogen-bond acceptors (Lipinski definition) is 4. The van der Waals surface area contributed by atoms with Crippen LogP contribution >= 0.6 is 0 Å². The van der Waals surface area contributed by atoms with Crippen LogP contribution in [0.3, 0.4) is 0 Å². The monoisotopic (exact) mass is 387 g/mol. The number of nitrogens with one attached hydrogen (secondary N) is 2. The molecule has 0 aliphatic carbocycles. The zero-order valence-electron chi connectivity index (χ0n) is 16.6. The third-order valence-corrected chi connectivity index (χ3v) is 4.48. The van der Waals surface area contributed by atoms with Crippen LogP contribution in [0.4, 0.5) is 10.1 Å². The van der Waals surface area contributed by atoms with Gasteiger partial charge in [-0.3, -0.25) is 14.5 Å². The summed E-state index contributed by atoms with van der Waals surface area (Å²) in [5.74, 6) is -0.361. The largest absolute Gasteiger partial charge is 0.495 e. The lowest BCUT2D eigenvalue weighted by Crippen LogP contribution is -2.40.